The second-order valence-electron chi connectivity index (χ2n) is 7.29. The summed E-state index contributed by atoms with van der Waals surface area (Å²) in [7, 11) is -3.54. The highest BCUT2D eigenvalue weighted by molar-refractivity contribution is 7.89. The molecule has 0 unspecified atom stereocenters. The van der Waals surface area contributed by atoms with Crippen LogP contribution in [-0.4, -0.2) is 50.8 Å². The molecule has 2 amide bonds. The number of hydrazine groups is 1. The van der Waals surface area contributed by atoms with E-state index in [0.717, 1.165) is 12.8 Å². The maximum absolute atomic E-state index is 12.5. The number of hydrogen-bond donors (Lipinski definition) is 2. The van der Waals surface area contributed by atoms with Crippen LogP contribution in [0.25, 0.3) is 0 Å². The molecular weight excluding hydrogens is 422 g/mol. The van der Waals surface area contributed by atoms with Gasteiger partial charge in [-0.05, 0) is 54.8 Å². The normalized spacial score (nSPS) is 16.0. The van der Waals surface area contributed by atoms with Gasteiger partial charge in [0.05, 0.1) is 11.3 Å². The summed E-state index contributed by atoms with van der Waals surface area (Å²) in [5, 5.41) is 0. The van der Waals surface area contributed by atoms with E-state index in [0.29, 0.717) is 43.4 Å². The Morgan fingerprint density at radius 1 is 0.903 bits per heavy atom. The lowest BCUT2D eigenvalue weighted by atomic mass is 10.1. The average molecular weight is 445 g/mol. The molecule has 2 aliphatic heterocycles. The van der Waals surface area contributed by atoms with E-state index in [1.165, 1.54) is 28.6 Å². The van der Waals surface area contributed by atoms with E-state index in [2.05, 4.69) is 10.9 Å². The van der Waals surface area contributed by atoms with Gasteiger partial charge in [0, 0.05) is 18.7 Å². The van der Waals surface area contributed by atoms with E-state index in [4.69, 9.17) is 9.47 Å². The van der Waals surface area contributed by atoms with E-state index in [1.807, 2.05) is 0 Å². The third kappa shape index (κ3) is 4.80. The second kappa shape index (κ2) is 8.94. The molecule has 4 rings (SSSR count). The number of benzene rings is 2. The van der Waals surface area contributed by atoms with Crippen LogP contribution < -0.4 is 20.3 Å². The highest BCUT2D eigenvalue weighted by atomic mass is 32.2. The Bertz CT molecular complexity index is 1080. The van der Waals surface area contributed by atoms with E-state index in [-0.39, 0.29) is 16.9 Å². The summed E-state index contributed by atoms with van der Waals surface area (Å²) in [6.07, 6.45) is 1.75. The zero-order valence-corrected chi connectivity index (χ0v) is 17.6. The molecule has 0 spiro atoms. The van der Waals surface area contributed by atoms with Crippen LogP contribution >= 0.6 is 0 Å². The molecule has 0 radical (unpaired) electrons. The minimum Gasteiger partial charge on any atom is -0.486 e. The smallest absolute Gasteiger partial charge is 0.269 e. The average Bonchev–Trinajstić information content (AvgIpc) is 3.33. The number of nitrogens with zero attached hydrogens (tertiary/aromatic N) is 1. The quantitative estimate of drug-likeness (QED) is 0.670. The van der Waals surface area contributed by atoms with Gasteiger partial charge in [0.15, 0.2) is 11.5 Å². The lowest BCUT2D eigenvalue weighted by Crippen LogP contribution is -2.42. The van der Waals surface area contributed by atoms with Gasteiger partial charge >= 0.3 is 0 Å². The topological polar surface area (TPSA) is 114 Å². The Kier molecular flexibility index (Phi) is 6.10. The molecule has 1 saturated heterocycles. The van der Waals surface area contributed by atoms with Gasteiger partial charge in [-0.2, -0.15) is 4.31 Å². The van der Waals surface area contributed by atoms with E-state index in [9.17, 15) is 18.0 Å². The molecule has 2 aromatic carbocycles. The van der Waals surface area contributed by atoms with Crippen LogP contribution in [-0.2, 0) is 21.2 Å². The van der Waals surface area contributed by atoms with Crippen molar-refractivity contribution in [3.63, 3.8) is 0 Å². The largest absolute Gasteiger partial charge is 0.486 e. The van der Waals surface area contributed by atoms with Crippen molar-refractivity contribution in [3.05, 3.63) is 53.6 Å². The van der Waals surface area contributed by atoms with Crippen molar-refractivity contribution in [2.45, 2.75) is 24.2 Å². The molecule has 0 saturated carbocycles. The lowest BCUT2D eigenvalue weighted by Gasteiger charge is -2.18. The van der Waals surface area contributed by atoms with Gasteiger partial charge in [0.1, 0.15) is 13.2 Å². The van der Waals surface area contributed by atoms with Crippen molar-refractivity contribution >= 4 is 21.8 Å². The Balaban J connectivity index is 1.31. The molecule has 31 heavy (non-hydrogen) atoms. The number of ether oxygens (including phenoxy) is 2. The Hall–Kier alpha value is -3.11. The van der Waals surface area contributed by atoms with Crippen molar-refractivity contribution in [1.82, 2.24) is 15.2 Å². The predicted molar refractivity (Wildman–Crippen MR) is 111 cm³/mol. The molecule has 0 aromatic heterocycles. The first-order chi connectivity index (χ1) is 14.9. The molecule has 1 fully saturated rings. The van der Waals surface area contributed by atoms with E-state index in [1.54, 1.807) is 18.2 Å². The third-order valence-electron chi connectivity index (χ3n) is 5.11. The maximum atomic E-state index is 12.5. The molecule has 0 aliphatic carbocycles. The monoisotopic (exact) mass is 445 g/mol. The van der Waals surface area contributed by atoms with Crippen LogP contribution in [0.4, 0.5) is 0 Å². The molecule has 0 bridgehead atoms. The van der Waals surface area contributed by atoms with Crippen molar-refractivity contribution < 1.29 is 27.5 Å². The molecule has 2 aromatic rings. The van der Waals surface area contributed by atoms with Gasteiger partial charge in [-0.15, -0.1) is 0 Å². The number of hydrogen-bond acceptors (Lipinski definition) is 6. The minimum atomic E-state index is -3.54. The minimum absolute atomic E-state index is 0.0456. The second-order valence-corrected chi connectivity index (χ2v) is 9.23. The summed E-state index contributed by atoms with van der Waals surface area (Å²) in [5.41, 5.74) is 5.65. The molecule has 2 aliphatic rings. The summed E-state index contributed by atoms with van der Waals surface area (Å²) in [4.78, 5) is 24.6. The predicted octanol–water partition coefficient (Wildman–Crippen LogP) is 1.25. The van der Waals surface area contributed by atoms with Gasteiger partial charge in [-0.25, -0.2) is 8.42 Å². The van der Waals surface area contributed by atoms with Crippen LogP contribution in [0.2, 0.25) is 0 Å². The van der Waals surface area contributed by atoms with Gasteiger partial charge in [0.2, 0.25) is 15.9 Å². The summed E-state index contributed by atoms with van der Waals surface area (Å²) in [6.45, 7) is 1.97. The molecule has 9 nitrogen and oxygen atoms in total. The van der Waals surface area contributed by atoms with E-state index >= 15 is 0 Å². The first-order valence-corrected chi connectivity index (χ1v) is 11.5. The summed E-state index contributed by atoms with van der Waals surface area (Å²) in [5.74, 6) is 0.280. The number of nitrogens with one attached hydrogen (secondary N) is 2. The number of carbonyl (C=O) groups is 2. The summed E-state index contributed by atoms with van der Waals surface area (Å²) >= 11 is 0. The highest BCUT2D eigenvalue weighted by Crippen LogP contribution is 2.30. The Labute approximate surface area is 180 Å². The zero-order chi connectivity index (χ0) is 21.8. The third-order valence-corrected chi connectivity index (χ3v) is 7.02. The molecule has 0 atom stereocenters. The Morgan fingerprint density at radius 3 is 2.29 bits per heavy atom. The number of rotatable bonds is 5. The highest BCUT2D eigenvalue weighted by Gasteiger charge is 2.27. The fraction of sp³-hybridized carbons (Fsp3) is 0.333. The fourth-order valence-electron chi connectivity index (χ4n) is 3.48. The molecule has 10 heteroatoms. The van der Waals surface area contributed by atoms with Crippen molar-refractivity contribution in [2.24, 2.45) is 0 Å². The fourth-order valence-corrected chi connectivity index (χ4v) is 5.00. The molecule has 164 valence electrons. The molecule has 2 N–H and O–H groups in total. The number of amides is 2. The standard InChI is InChI=1S/C21H23N3O6S/c25-20(14-15-3-8-18-19(13-15)30-12-11-29-18)22-23-21(26)16-4-6-17(7-5-16)31(27,28)24-9-1-2-10-24/h3-8,13H,1-2,9-12,14H2,(H,22,25)(H,23,26). The first kappa shape index (κ1) is 21.1. The van der Waals surface area contributed by atoms with Crippen LogP contribution in [0.3, 0.4) is 0 Å². The van der Waals surface area contributed by atoms with Gasteiger partial charge in [0.25, 0.3) is 5.91 Å². The van der Waals surface area contributed by atoms with E-state index < -0.39 is 21.8 Å². The summed E-state index contributed by atoms with van der Waals surface area (Å²) < 4.78 is 37.5. The molecule has 2 heterocycles. The number of fused-ring (bicyclic) bond motifs is 1. The van der Waals surface area contributed by atoms with Crippen molar-refractivity contribution in [1.29, 1.82) is 0 Å². The first-order valence-electron chi connectivity index (χ1n) is 10.0. The van der Waals surface area contributed by atoms with Crippen LogP contribution in [0, 0.1) is 0 Å². The van der Waals surface area contributed by atoms with Crippen LogP contribution in [0.1, 0.15) is 28.8 Å². The van der Waals surface area contributed by atoms with Gasteiger partial charge in [-0.1, -0.05) is 6.07 Å². The van der Waals surface area contributed by atoms with Crippen LogP contribution in [0.15, 0.2) is 47.4 Å². The number of sulfonamides is 1. The maximum Gasteiger partial charge on any atom is 0.269 e. The van der Waals surface area contributed by atoms with Crippen molar-refractivity contribution in [2.75, 3.05) is 26.3 Å². The Morgan fingerprint density at radius 2 is 1.58 bits per heavy atom. The number of carbonyl (C=O) groups excluding carboxylic acids is 2. The summed E-state index contributed by atoms with van der Waals surface area (Å²) in [6, 6.07) is 10.9. The SMILES string of the molecule is O=C(Cc1ccc2c(c1)OCCO2)NNC(=O)c1ccc(S(=O)(=O)N2CCCC2)cc1. The molecular formula is C21H23N3O6S. The van der Waals surface area contributed by atoms with Crippen molar-refractivity contribution in [3.8, 4) is 11.5 Å². The van der Waals surface area contributed by atoms with Crippen LogP contribution in [0.5, 0.6) is 11.5 Å². The zero-order valence-electron chi connectivity index (χ0n) is 16.8. The van der Waals surface area contributed by atoms with Gasteiger partial charge < -0.3 is 9.47 Å². The lowest BCUT2D eigenvalue weighted by molar-refractivity contribution is -0.121. The van der Waals surface area contributed by atoms with Gasteiger partial charge in [-0.3, -0.25) is 20.4 Å².